The Hall–Kier alpha value is -2.18. The molecule has 0 aromatic carbocycles. The van der Waals surface area contributed by atoms with Crippen LogP contribution in [0.1, 0.15) is 18.9 Å². The molecule has 1 aromatic heterocycles. The summed E-state index contributed by atoms with van der Waals surface area (Å²) in [5.74, 6) is -0.604. The number of aromatic nitrogens is 1. The first-order chi connectivity index (χ1) is 8.91. The third-order valence-corrected chi connectivity index (χ3v) is 3.59. The number of aryl methyl sites for hydroxylation is 1. The van der Waals surface area contributed by atoms with E-state index >= 15 is 0 Å². The fourth-order valence-electron chi connectivity index (χ4n) is 2.52. The quantitative estimate of drug-likeness (QED) is 0.658. The highest BCUT2D eigenvalue weighted by Crippen LogP contribution is 2.31. The average Bonchev–Trinajstić information content (AvgIpc) is 2.71. The molecule has 0 aliphatic carbocycles. The van der Waals surface area contributed by atoms with Gasteiger partial charge in [-0.1, -0.05) is 0 Å². The monoisotopic (exact) mass is 265 g/mol. The molecule has 1 fully saturated rings. The highest BCUT2D eigenvalue weighted by molar-refractivity contribution is 5.73. The smallest absolute Gasteiger partial charge is 0.308 e. The lowest BCUT2D eigenvalue weighted by Gasteiger charge is -2.25. The molecule has 0 spiro atoms. The van der Waals surface area contributed by atoms with E-state index in [0.717, 1.165) is 0 Å². The van der Waals surface area contributed by atoms with Crippen molar-refractivity contribution < 1.29 is 14.8 Å². The van der Waals surface area contributed by atoms with Gasteiger partial charge in [-0.25, -0.2) is 4.98 Å². The second-order valence-electron chi connectivity index (χ2n) is 4.76. The summed E-state index contributed by atoms with van der Waals surface area (Å²) >= 11 is 0. The van der Waals surface area contributed by atoms with Gasteiger partial charge in [-0.15, -0.1) is 0 Å². The van der Waals surface area contributed by atoms with E-state index in [-0.39, 0.29) is 11.7 Å². The molecular formula is C12H15N3O4. The van der Waals surface area contributed by atoms with Crippen molar-refractivity contribution in [1.29, 1.82) is 0 Å². The lowest BCUT2D eigenvalue weighted by Crippen LogP contribution is -2.33. The van der Waals surface area contributed by atoms with Gasteiger partial charge in [-0.2, -0.15) is 0 Å². The van der Waals surface area contributed by atoms with Gasteiger partial charge in [0.25, 0.3) is 5.69 Å². The van der Waals surface area contributed by atoms with Gasteiger partial charge < -0.3 is 10.0 Å². The zero-order valence-electron chi connectivity index (χ0n) is 10.7. The molecular weight excluding hydrogens is 250 g/mol. The molecule has 1 saturated heterocycles. The number of hydrogen-bond acceptors (Lipinski definition) is 5. The van der Waals surface area contributed by atoms with Crippen molar-refractivity contribution in [3.05, 3.63) is 27.9 Å². The molecule has 1 aromatic rings. The third kappa shape index (κ3) is 2.35. The summed E-state index contributed by atoms with van der Waals surface area (Å²) in [5, 5.41) is 19.8. The predicted octanol–water partition coefficient (Wildman–Crippen LogP) is 1.60. The van der Waals surface area contributed by atoms with E-state index in [2.05, 4.69) is 4.98 Å². The first-order valence-electron chi connectivity index (χ1n) is 6.02. The molecule has 0 amide bonds. The second kappa shape index (κ2) is 4.83. The van der Waals surface area contributed by atoms with E-state index in [9.17, 15) is 14.9 Å². The van der Waals surface area contributed by atoms with Crippen molar-refractivity contribution in [3.8, 4) is 0 Å². The predicted molar refractivity (Wildman–Crippen MR) is 68.2 cm³/mol. The number of nitrogens with zero attached hydrogens (tertiary/aromatic N) is 3. The number of nitro groups is 1. The third-order valence-electron chi connectivity index (χ3n) is 3.59. The first-order valence-corrected chi connectivity index (χ1v) is 6.02. The molecule has 0 saturated carbocycles. The SMILES string of the molecule is Cc1cc([N+](=O)[O-])cnc1N1CCC(C(=O)O)C1C. The molecule has 19 heavy (non-hydrogen) atoms. The maximum atomic E-state index is 11.1. The van der Waals surface area contributed by atoms with Gasteiger partial charge in [-0.3, -0.25) is 14.9 Å². The lowest BCUT2D eigenvalue weighted by molar-refractivity contribution is -0.385. The van der Waals surface area contributed by atoms with E-state index in [1.807, 2.05) is 11.8 Å². The first kappa shape index (κ1) is 13.3. The minimum absolute atomic E-state index is 0.0529. The normalized spacial score (nSPS) is 22.5. The summed E-state index contributed by atoms with van der Waals surface area (Å²) in [6, 6.07) is 1.30. The maximum Gasteiger partial charge on any atom is 0.308 e. The zero-order valence-corrected chi connectivity index (χ0v) is 10.7. The number of carboxylic acids is 1. The molecule has 102 valence electrons. The molecule has 0 radical (unpaired) electrons. The van der Waals surface area contributed by atoms with Gasteiger partial charge in [0.05, 0.1) is 10.8 Å². The molecule has 2 atom stereocenters. The highest BCUT2D eigenvalue weighted by Gasteiger charge is 2.36. The molecule has 7 heteroatoms. The molecule has 2 rings (SSSR count). The number of hydrogen-bond donors (Lipinski definition) is 1. The van der Waals surface area contributed by atoms with Crippen LogP contribution in [0.25, 0.3) is 0 Å². The Bertz CT molecular complexity index is 532. The summed E-state index contributed by atoms with van der Waals surface area (Å²) in [7, 11) is 0. The lowest BCUT2D eigenvalue weighted by atomic mass is 10.0. The molecule has 1 aliphatic rings. The fraction of sp³-hybridized carbons (Fsp3) is 0.500. The average molecular weight is 265 g/mol. The van der Waals surface area contributed by atoms with Crippen LogP contribution in [0, 0.1) is 23.0 Å². The van der Waals surface area contributed by atoms with Gasteiger partial charge in [-0.05, 0) is 25.8 Å². The number of aliphatic carboxylic acids is 1. The van der Waals surface area contributed by atoms with Crippen molar-refractivity contribution >= 4 is 17.5 Å². The van der Waals surface area contributed by atoms with Crippen molar-refractivity contribution in [1.82, 2.24) is 4.98 Å². The van der Waals surface area contributed by atoms with Gasteiger partial charge in [0.1, 0.15) is 12.0 Å². The Morgan fingerprint density at radius 1 is 1.63 bits per heavy atom. The maximum absolute atomic E-state index is 11.1. The van der Waals surface area contributed by atoms with E-state index in [1.165, 1.54) is 12.3 Å². The van der Waals surface area contributed by atoms with E-state index in [4.69, 9.17) is 5.11 Å². The van der Waals surface area contributed by atoms with Crippen LogP contribution in [0.2, 0.25) is 0 Å². The Morgan fingerprint density at radius 3 is 2.79 bits per heavy atom. The summed E-state index contributed by atoms with van der Waals surface area (Å²) in [6.07, 6.45) is 1.78. The number of carbonyl (C=O) groups is 1. The van der Waals surface area contributed by atoms with Crippen molar-refractivity contribution in [3.63, 3.8) is 0 Å². The van der Waals surface area contributed by atoms with E-state index in [1.54, 1.807) is 6.92 Å². The molecule has 0 bridgehead atoms. The minimum Gasteiger partial charge on any atom is -0.481 e. The van der Waals surface area contributed by atoms with E-state index in [0.29, 0.717) is 24.3 Å². The van der Waals surface area contributed by atoms with Crippen LogP contribution in [0.3, 0.4) is 0 Å². The second-order valence-corrected chi connectivity index (χ2v) is 4.76. The fourth-order valence-corrected chi connectivity index (χ4v) is 2.52. The van der Waals surface area contributed by atoms with Gasteiger partial charge in [0.2, 0.25) is 0 Å². The van der Waals surface area contributed by atoms with Gasteiger partial charge in [0.15, 0.2) is 0 Å². The molecule has 7 nitrogen and oxygen atoms in total. The topological polar surface area (TPSA) is 96.6 Å². The van der Waals surface area contributed by atoms with Crippen molar-refractivity contribution in [2.24, 2.45) is 5.92 Å². The Kier molecular flexibility index (Phi) is 3.37. The van der Waals surface area contributed by atoms with Gasteiger partial charge in [0, 0.05) is 18.7 Å². The largest absolute Gasteiger partial charge is 0.481 e. The molecule has 1 aliphatic heterocycles. The summed E-state index contributed by atoms with van der Waals surface area (Å²) in [6.45, 7) is 4.19. The van der Waals surface area contributed by atoms with Crippen molar-refractivity contribution in [2.45, 2.75) is 26.3 Å². The summed E-state index contributed by atoms with van der Waals surface area (Å²) in [4.78, 5) is 27.3. The Morgan fingerprint density at radius 2 is 2.32 bits per heavy atom. The van der Waals surface area contributed by atoms with Crippen molar-refractivity contribution in [2.75, 3.05) is 11.4 Å². The van der Waals surface area contributed by atoms with Crippen LogP contribution in [0.5, 0.6) is 0 Å². The Balaban J connectivity index is 2.28. The van der Waals surface area contributed by atoms with Crippen LogP contribution in [0.15, 0.2) is 12.3 Å². The number of rotatable bonds is 3. The molecule has 2 unspecified atom stereocenters. The van der Waals surface area contributed by atoms with Crippen LogP contribution in [-0.4, -0.2) is 33.6 Å². The number of pyridine rings is 1. The van der Waals surface area contributed by atoms with Gasteiger partial charge >= 0.3 is 5.97 Å². The standard InChI is InChI=1S/C12H15N3O4/c1-7-5-9(15(18)19)6-13-11(7)14-4-3-10(8(14)2)12(16)17/h5-6,8,10H,3-4H2,1-2H3,(H,16,17). The van der Waals surface area contributed by atoms with Crippen LogP contribution >= 0.6 is 0 Å². The summed E-state index contributed by atoms with van der Waals surface area (Å²) in [5.41, 5.74) is 0.634. The zero-order chi connectivity index (χ0) is 14.2. The number of anilines is 1. The molecule has 2 heterocycles. The van der Waals surface area contributed by atoms with Crippen LogP contribution in [0.4, 0.5) is 11.5 Å². The summed E-state index contributed by atoms with van der Waals surface area (Å²) < 4.78 is 0. The molecule has 1 N–H and O–H groups in total. The Labute approximate surface area is 110 Å². The minimum atomic E-state index is -0.811. The van der Waals surface area contributed by atoms with E-state index < -0.39 is 16.8 Å². The highest BCUT2D eigenvalue weighted by atomic mass is 16.6. The number of carboxylic acid groups (broad SMARTS) is 1. The van der Waals surface area contributed by atoms with Crippen LogP contribution in [-0.2, 0) is 4.79 Å². The van der Waals surface area contributed by atoms with Crippen LogP contribution < -0.4 is 4.90 Å².